The molecule has 23 heavy (non-hydrogen) atoms. The van der Waals surface area contributed by atoms with Crippen molar-refractivity contribution in [1.29, 1.82) is 0 Å². The Balaban J connectivity index is 1.69. The highest BCUT2D eigenvalue weighted by Crippen LogP contribution is 2.31. The summed E-state index contributed by atoms with van der Waals surface area (Å²) in [5.41, 5.74) is -0.480. The van der Waals surface area contributed by atoms with E-state index in [2.05, 4.69) is 10.1 Å². The van der Waals surface area contributed by atoms with Crippen molar-refractivity contribution in [2.24, 2.45) is 0 Å². The zero-order valence-electron chi connectivity index (χ0n) is 12.6. The molecule has 0 amide bonds. The van der Waals surface area contributed by atoms with E-state index in [1.165, 1.54) is 12.1 Å². The average Bonchev–Trinajstić information content (AvgIpc) is 2.86. The van der Waals surface area contributed by atoms with E-state index in [9.17, 15) is 18.3 Å². The van der Waals surface area contributed by atoms with Gasteiger partial charge in [0.1, 0.15) is 11.6 Å². The van der Waals surface area contributed by atoms with Crippen LogP contribution >= 0.6 is 0 Å². The quantitative estimate of drug-likeness (QED) is 0.939. The molecule has 1 unspecified atom stereocenters. The highest BCUT2D eigenvalue weighted by Gasteiger charge is 2.31. The predicted molar refractivity (Wildman–Crippen MR) is 76.4 cm³/mol. The van der Waals surface area contributed by atoms with E-state index >= 15 is 0 Å². The number of aliphatic hydroxyl groups excluding tert-OH is 1. The molecule has 0 saturated carbocycles. The number of alkyl halides is 3. The van der Waals surface area contributed by atoms with Crippen LogP contribution in [0.25, 0.3) is 0 Å². The predicted octanol–water partition coefficient (Wildman–Crippen LogP) is 2.15. The smallest absolute Gasteiger partial charge is 0.387 e. The highest BCUT2D eigenvalue weighted by molar-refractivity contribution is 5.27. The molecule has 0 aliphatic carbocycles. The first-order chi connectivity index (χ1) is 10.8. The van der Waals surface area contributed by atoms with Crippen LogP contribution in [0.2, 0.25) is 0 Å². The second kappa shape index (κ2) is 5.93. The van der Waals surface area contributed by atoms with Crippen LogP contribution in [0.15, 0.2) is 24.3 Å². The fraction of sp³-hybridized carbons (Fsp3) is 0.467. The second-order valence-electron chi connectivity index (χ2n) is 5.67. The summed E-state index contributed by atoms with van der Waals surface area (Å²) in [4.78, 5) is 6.27. The van der Waals surface area contributed by atoms with E-state index in [1.54, 1.807) is 0 Å². The fourth-order valence-electron chi connectivity index (χ4n) is 2.74. The minimum atomic E-state index is -4.41. The number of hydrogen-bond donors (Lipinski definition) is 1. The second-order valence-corrected chi connectivity index (χ2v) is 5.67. The normalized spacial score (nSPS) is 17.1. The van der Waals surface area contributed by atoms with Gasteiger partial charge in [-0.1, -0.05) is 12.1 Å². The molecule has 1 aliphatic rings. The van der Waals surface area contributed by atoms with Crippen LogP contribution in [0.5, 0.6) is 0 Å². The Morgan fingerprint density at radius 1 is 1.30 bits per heavy atom. The van der Waals surface area contributed by atoms with Gasteiger partial charge in [-0.2, -0.15) is 18.3 Å². The lowest BCUT2D eigenvalue weighted by molar-refractivity contribution is -0.137. The lowest BCUT2D eigenvalue weighted by Crippen LogP contribution is -2.37. The first-order valence-corrected chi connectivity index (χ1v) is 7.31. The first-order valence-electron chi connectivity index (χ1n) is 7.31. The highest BCUT2D eigenvalue weighted by atomic mass is 19.4. The van der Waals surface area contributed by atoms with Gasteiger partial charge in [-0.25, -0.2) is 9.67 Å². The number of rotatable bonds is 3. The molecule has 2 aromatic rings. The molecule has 1 aromatic heterocycles. The summed E-state index contributed by atoms with van der Waals surface area (Å²) in [5.74, 6) is 1.50. The maximum Gasteiger partial charge on any atom is 0.416 e. The Morgan fingerprint density at radius 2 is 2.09 bits per heavy atom. The molecule has 0 saturated heterocycles. The van der Waals surface area contributed by atoms with Crippen LogP contribution < -0.4 is 0 Å². The molecule has 0 fully saturated rings. The lowest BCUT2D eigenvalue weighted by Gasteiger charge is -2.28. The van der Waals surface area contributed by atoms with Crippen molar-refractivity contribution in [2.75, 3.05) is 13.1 Å². The maximum absolute atomic E-state index is 12.7. The number of halogens is 3. The molecule has 0 bridgehead atoms. The number of fused-ring (bicyclic) bond motifs is 1. The van der Waals surface area contributed by atoms with Gasteiger partial charge in [0.2, 0.25) is 0 Å². The summed E-state index contributed by atoms with van der Waals surface area (Å²) in [7, 11) is 0. The van der Waals surface area contributed by atoms with Gasteiger partial charge in [0.25, 0.3) is 0 Å². The molecule has 3 rings (SSSR count). The minimum absolute atomic E-state index is 0.257. The van der Waals surface area contributed by atoms with Gasteiger partial charge in [0.05, 0.1) is 24.8 Å². The van der Waals surface area contributed by atoms with Gasteiger partial charge in [0.15, 0.2) is 0 Å². The van der Waals surface area contributed by atoms with Crippen LogP contribution in [-0.2, 0) is 19.3 Å². The van der Waals surface area contributed by atoms with E-state index in [-0.39, 0.29) is 12.1 Å². The molecule has 2 heterocycles. The molecule has 1 aromatic carbocycles. The monoisotopic (exact) mass is 326 g/mol. The van der Waals surface area contributed by atoms with Crippen molar-refractivity contribution < 1.29 is 18.3 Å². The Labute approximate surface area is 131 Å². The van der Waals surface area contributed by atoms with Crippen molar-refractivity contribution in [3.05, 3.63) is 47.0 Å². The Bertz CT molecular complexity index is 698. The number of nitrogens with zero attached hydrogens (tertiary/aromatic N) is 4. The van der Waals surface area contributed by atoms with Crippen LogP contribution in [0.4, 0.5) is 13.2 Å². The zero-order chi connectivity index (χ0) is 16.6. The van der Waals surface area contributed by atoms with Crippen molar-refractivity contribution in [1.82, 2.24) is 19.7 Å². The number of benzene rings is 1. The molecule has 1 N–H and O–H groups in total. The topological polar surface area (TPSA) is 54.2 Å². The Kier molecular flexibility index (Phi) is 4.11. The summed E-state index contributed by atoms with van der Waals surface area (Å²) in [6, 6.07) is 4.83. The van der Waals surface area contributed by atoms with Gasteiger partial charge < -0.3 is 5.11 Å². The maximum atomic E-state index is 12.7. The number of aryl methyl sites for hydroxylation is 1. The van der Waals surface area contributed by atoms with Crippen molar-refractivity contribution in [3.8, 4) is 0 Å². The summed E-state index contributed by atoms with van der Waals surface area (Å²) in [5, 5.41) is 14.5. The van der Waals surface area contributed by atoms with Gasteiger partial charge >= 0.3 is 6.18 Å². The molecule has 8 heteroatoms. The third-order valence-corrected chi connectivity index (χ3v) is 3.88. The van der Waals surface area contributed by atoms with E-state index in [0.717, 1.165) is 18.0 Å². The molecule has 1 atom stereocenters. The minimum Gasteiger partial charge on any atom is -0.387 e. The summed E-state index contributed by atoms with van der Waals surface area (Å²) >= 11 is 0. The van der Waals surface area contributed by atoms with Gasteiger partial charge in [-0.15, -0.1) is 0 Å². The fourth-order valence-corrected chi connectivity index (χ4v) is 2.74. The average molecular weight is 326 g/mol. The van der Waals surface area contributed by atoms with Gasteiger partial charge in [-0.3, -0.25) is 4.90 Å². The Morgan fingerprint density at radius 3 is 2.83 bits per heavy atom. The van der Waals surface area contributed by atoms with E-state index in [1.807, 2.05) is 16.5 Å². The van der Waals surface area contributed by atoms with Crippen LogP contribution in [-0.4, -0.2) is 37.9 Å². The standard InChI is InChI=1S/C15H17F3N4O/c1-10-19-14-9-21(5-6-22(14)20-10)8-13(23)11-3-2-4-12(7-11)15(16,17)18/h2-4,7,13,23H,5-6,8-9H2,1H3. The summed E-state index contributed by atoms with van der Waals surface area (Å²) in [6.45, 7) is 3.93. The zero-order valence-corrected chi connectivity index (χ0v) is 12.6. The largest absolute Gasteiger partial charge is 0.416 e. The van der Waals surface area contributed by atoms with Crippen LogP contribution in [0.3, 0.4) is 0 Å². The van der Waals surface area contributed by atoms with E-state index < -0.39 is 17.8 Å². The molecular formula is C15H17F3N4O. The molecule has 124 valence electrons. The van der Waals surface area contributed by atoms with Crippen molar-refractivity contribution in [3.63, 3.8) is 0 Å². The third-order valence-electron chi connectivity index (χ3n) is 3.88. The first kappa shape index (κ1) is 15.9. The molecule has 5 nitrogen and oxygen atoms in total. The van der Waals surface area contributed by atoms with Crippen molar-refractivity contribution in [2.45, 2.75) is 32.3 Å². The van der Waals surface area contributed by atoms with E-state index in [0.29, 0.717) is 25.5 Å². The number of hydrogen-bond acceptors (Lipinski definition) is 4. The lowest BCUT2D eigenvalue weighted by atomic mass is 10.1. The van der Waals surface area contributed by atoms with Gasteiger partial charge in [-0.05, 0) is 24.6 Å². The molecular weight excluding hydrogens is 309 g/mol. The summed E-state index contributed by atoms with van der Waals surface area (Å²) in [6.07, 6.45) is -5.39. The van der Waals surface area contributed by atoms with E-state index in [4.69, 9.17) is 0 Å². The van der Waals surface area contributed by atoms with Crippen LogP contribution in [0, 0.1) is 6.92 Å². The molecule has 1 aliphatic heterocycles. The van der Waals surface area contributed by atoms with Crippen LogP contribution in [0.1, 0.15) is 28.9 Å². The SMILES string of the molecule is Cc1nc2n(n1)CCN(CC(O)c1cccc(C(F)(F)F)c1)C2. The molecule has 0 spiro atoms. The third kappa shape index (κ3) is 3.53. The number of aliphatic hydroxyl groups is 1. The van der Waals surface area contributed by atoms with Gasteiger partial charge in [0, 0.05) is 13.1 Å². The number of aromatic nitrogens is 3. The Hall–Kier alpha value is -1.93. The van der Waals surface area contributed by atoms with Crippen molar-refractivity contribution >= 4 is 0 Å². The summed E-state index contributed by atoms with van der Waals surface area (Å²) < 4.78 is 40.1. The number of β-amino-alcohol motifs (C(OH)–C–C–N with tert-alkyl or cyclic N) is 1. The molecule has 0 radical (unpaired) electrons.